The molecule has 0 amide bonds. The van der Waals surface area contributed by atoms with Crippen molar-refractivity contribution in [3.05, 3.63) is 99.9 Å². The van der Waals surface area contributed by atoms with Crippen LogP contribution >= 0.6 is 0 Å². The summed E-state index contributed by atoms with van der Waals surface area (Å²) in [6, 6.07) is 18.5. The van der Waals surface area contributed by atoms with E-state index in [2.05, 4.69) is 95.3 Å². The third-order valence-corrected chi connectivity index (χ3v) is 8.11. The van der Waals surface area contributed by atoms with Crippen molar-refractivity contribution in [2.45, 2.75) is 51.9 Å². The Hall–Kier alpha value is -3.19. The molecule has 3 aromatic carbocycles. The van der Waals surface area contributed by atoms with Crippen LogP contribution < -0.4 is 0 Å². The van der Waals surface area contributed by atoms with Crippen molar-refractivity contribution >= 4 is 21.5 Å². The van der Waals surface area contributed by atoms with Crippen molar-refractivity contribution in [1.82, 2.24) is 4.98 Å². The Morgan fingerprint density at radius 2 is 1.66 bits per heavy atom. The van der Waals surface area contributed by atoms with E-state index in [1.807, 2.05) is 0 Å². The SMILES string of the molecule is CC1=CC2(CC(C)=C1)c1cc3ccccc3c3c1-c1c2ccc2cc(C)nc(c12)C3(C)C. The van der Waals surface area contributed by atoms with E-state index < -0.39 is 0 Å². The number of benzene rings is 3. The van der Waals surface area contributed by atoms with Gasteiger partial charge in [-0.3, -0.25) is 4.98 Å². The van der Waals surface area contributed by atoms with Crippen LogP contribution in [0, 0.1) is 6.92 Å². The number of fused-ring (bicyclic) bond motifs is 4. The van der Waals surface area contributed by atoms with Gasteiger partial charge < -0.3 is 0 Å². The Morgan fingerprint density at radius 3 is 2.47 bits per heavy atom. The molecule has 32 heavy (non-hydrogen) atoms. The second-order valence-corrected chi connectivity index (χ2v) is 10.7. The van der Waals surface area contributed by atoms with Crippen LogP contribution in [0.15, 0.2) is 71.8 Å². The first kappa shape index (κ1) is 18.4. The van der Waals surface area contributed by atoms with E-state index in [-0.39, 0.29) is 10.8 Å². The highest BCUT2D eigenvalue weighted by molar-refractivity contribution is 6.12. The number of pyridine rings is 1. The van der Waals surface area contributed by atoms with Crippen molar-refractivity contribution in [1.29, 1.82) is 0 Å². The van der Waals surface area contributed by atoms with Crippen molar-refractivity contribution in [3.8, 4) is 11.1 Å². The summed E-state index contributed by atoms with van der Waals surface area (Å²) >= 11 is 0. The highest BCUT2D eigenvalue weighted by Crippen LogP contribution is 2.63. The van der Waals surface area contributed by atoms with Gasteiger partial charge in [0, 0.05) is 21.9 Å². The molecule has 0 bridgehead atoms. The van der Waals surface area contributed by atoms with Crippen LogP contribution in [0.25, 0.3) is 32.7 Å². The van der Waals surface area contributed by atoms with Gasteiger partial charge in [-0.05, 0) is 83.3 Å². The number of hydrogen-bond donors (Lipinski definition) is 0. The van der Waals surface area contributed by atoms with Crippen molar-refractivity contribution in [2.24, 2.45) is 0 Å². The fourth-order valence-electron chi connectivity index (χ4n) is 7.15. The Labute approximate surface area is 189 Å². The fourth-order valence-corrected chi connectivity index (χ4v) is 7.15. The van der Waals surface area contributed by atoms with E-state index in [0.717, 1.165) is 12.1 Å². The van der Waals surface area contributed by atoms with E-state index in [1.165, 1.54) is 66.2 Å². The third-order valence-electron chi connectivity index (χ3n) is 8.11. The highest BCUT2D eigenvalue weighted by atomic mass is 14.7. The van der Waals surface area contributed by atoms with Gasteiger partial charge >= 0.3 is 0 Å². The first-order chi connectivity index (χ1) is 15.3. The molecule has 7 rings (SSSR count). The molecule has 1 aromatic heterocycles. The summed E-state index contributed by atoms with van der Waals surface area (Å²) in [4.78, 5) is 5.19. The van der Waals surface area contributed by atoms with Gasteiger partial charge in [0.2, 0.25) is 0 Å². The summed E-state index contributed by atoms with van der Waals surface area (Å²) in [5.74, 6) is 0. The van der Waals surface area contributed by atoms with Gasteiger partial charge in [0.05, 0.1) is 5.69 Å². The Bertz CT molecular complexity index is 1590. The highest BCUT2D eigenvalue weighted by Gasteiger charge is 2.49. The van der Waals surface area contributed by atoms with E-state index in [1.54, 1.807) is 0 Å². The molecule has 1 atom stereocenters. The van der Waals surface area contributed by atoms with Gasteiger partial charge in [-0.15, -0.1) is 0 Å². The minimum absolute atomic E-state index is 0.0941. The maximum absolute atomic E-state index is 5.19. The summed E-state index contributed by atoms with van der Waals surface area (Å²) in [5, 5.41) is 5.41. The zero-order valence-electron chi connectivity index (χ0n) is 19.4. The second-order valence-electron chi connectivity index (χ2n) is 10.7. The smallest absolute Gasteiger partial charge is 0.0591 e. The maximum Gasteiger partial charge on any atom is 0.0591 e. The Balaban J connectivity index is 1.79. The van der Waals surface area contributed by atoms with Crippen LogP contribution in [-0.2, 0) is 10.8 Å². The number of nitrogens with zero attached hydrogens (tertiary/aromatic N) is 1. The maximum atomic E-state index is 5.19. The summed E-state index contributed by atoms with van der Waals surface area (Å²) in [6.07, 6.45) is 5.93. The Morgan fingerprint density at radius 1 is 0.844 bits per heavy atom. The molecule has 0 saturated carbocycles. The monoisotopic (exact) mass is 413 g/mol. The molecule has 1 heterocycles. The molecule has 0 radical (unpaired) electrons. The lowest BCUT2D eigenvalue weighted by atomic mass is 9.68. The van der Waals surface area contributed by atoms with Crippen LogP contribution in [0.1, 0.15) is 62.2 Å². The predicted octanol–water partition coefficient (Wildman–Crippen LogP) is 7.90. The molecule has 3 aliphatic carbocycles. The van der Waals surface area contributed by atoms with Crippen molar-refractivity contribution in [2.75, 3.05) is 0 Å². The number of allylic oxidation sites excluding steroid dienone is 4. The molecule has 0 fully saturated rings. The van der Waals surface area contributed by atoms with Gasteiger partial charge in [0.25, 0.3) is 0 Å². The molecule has 1 spiro atoms. The molecule has 1 nitrogen and oxygen atoms in total. The standard InChI is InChI=1S/C31H27N/c1-17-12-18(2)16-31(15-17)23-11-10-21-13-19(3)32-29-25(21)26(23)27-24(31)14-20-8-6-7-9-22(20)28(27)30(29,4)5/h6-15H,16H2,1-5H3. The average molecular weight is 414 g/mol. The topological polar surface area (TPSA) is 12.9 Å². The van der Waals surface area contributed by atoms with E-state index in [9.17, 15) is 0 Å². The lowest BCUT2D eigenvalue weighted by Crippen LogP contribution is -2.27. The molecular weight excluding hydrogens is 386 g/mol. The fraction of sp³-hybridized carbons (Fsp3) is 0.258. The van der Waals surface area contributed by atoms with Gasteiger partial charge in [0.1, 0.15) is 0 Å². The summed E-state index contributed by atoms with van der Waals surface area (Å²) < 4.78 is 0. The van der Waals surface area contributed by atoms with Crippen LogP contribution in [-0.4, -0.2) is 4.98 Å². The first-order valence-corrected chi connectivity index (χ1v) is 11.7. The summed E-state index contributed by atoms with van der Waals surface area (Å²) in [5.41, 5.74) is 12.2. The van der Waals surface area contributed by atoms with Gasteiger partial charge in [-0.2, -0.15) is 0 Å². The number of aryl methyl sites for hydroxylation is 1. The molecular formula is C31H27N. The molecule has 3 aliphatic rings. The molecule has 1 unspecified atom stereocenters. The van der Waals surface area contributed by atoms with Gasteiger partial charge in [-0.25, -0.2) is 0 Å². The molecule has 1 heteroatoms. The van der Waals surface area contributed by atoms with E-state index >= 15 is 0 Å². The quantitative estimate of drug-likeness (QED) is 0.285. The van der Waals surface area contributed by atoms with Crippen LogP contribution in [0.2, 0.25) is 0 Å². The summed E-state index contributed by atoms with van der Waals surface area (Å²) in [6.45, 7) is 11.4. The van der Waals surface area contributed by atoms with E-state index in [0.29, 0.717) is 0 Å². The number of rotatable bonds is 0. The van der Waals surface area contributed by atoms with Gasteiger partial charge in [-0.1, -0.05) is 73.5 Å². The number of hydrogen-bond acceptors (Lipinski definition) is 1. The minimum Gasteiger partial charge on any atom is -0.257 e. The molecule has 4 aromatic rings. The Kier molecular flexibility index (Phi) is 3.21. The molecule has 156 valence electrons. The minimum atomic E-state index is -0.162. The predicted molar refractivity (Wildman–Crippen MR) is 134 cm³/mol. The number of aromatic nitrogens is 1. The van der Waals surface area contributed by atoms with Crippen molar-refractivity contribution in [3.63, 3.8) is 0 Å². The molecule has 0 saturated heterocycles. The van der Waals surface area contributed by atoms with Gasteiger partial charge in [0.15, 0.2) is 0 Å². The zero-order chi connectivity index (χ0) is 22.0. The van der Waals surface area contributed by atoms with Crippen LogP contribution in [0.5, 0.6) is 0 Å². The third kappa shape index (κ3) is 1.99. The molecule has 0 N–H and O–H groups in total. The molecule has 0 aliphatic heterocycles. The second kappa shape index (κ2) is 5.59. The van der Waals surface area contributed by atoms with Crippen LogP contribution in [0.3, 0.4) is 0 Å². The van der Waals surface area contributed by atoms with Crippen LogP contribution in [0.4, 0.5) is 0 Å². The van der Waals surface area contributed by atoms with E-state index in [4.69, 9.17) is 4.98 Å². The first-order valence-electron chi connectivity index (χ1n) is 11.7. The zero-order valence-corrected chi connectivity index (χ0v) is 19.4. The lowest BCUT2D eigenvalue weighted by Gasteiger charge is -2.35. The normalized spacial score (nSPS) is 21.9. The van der Waals surface area contributed by atoms with Crippen molar-refractivity contribution < 1.29 is 0 Å². The summed E-state index contributed by atoms with van der Waals surface area (Å²) in [7, 11) is 0. The average Bonchev–Trinajstić information content (AvgIpc) is 2.98. The lowest BCUT2D eigenvalue weighted by molar-refractivity contribution is 0.621. The largest absolute Gasteiger partial charge is 0.257 e.